The largest absolute Gasteiger partial charge is 0.459 e. The van der Waals surface area contributed by atoms with Crippen molar-refractivity contribution in [3.8, 4) is 0 Å². The van der Waals surface area contributed by atoms with Gasteiger partial charge in [0.05, 0.1) is 13.1 Å². The van der Waals surface area contributed by atoms with E-state index >= 15 is 0 Å². The first kappa shape index (κ1) is 15.7. The van der Waals surface area contributed by atoms with Crippen molar-refractivity contribution in [2.45, 2.75) is 24.7 Å². The van der Waals surface area contributed by atoms with Crippen LogP contribution in [0.25, 0.3) is 11.0 Å². The molecule has 0 radical (unpaired) electrons. The van der Waals surface area contributed by atoms with Crippen LogP contribution in [0, 0.1) is 0 Å². The van der Waals surface area contributed by atoms with Gasteiger partial charge in [0.1, 0.15) is 11.3 Å². The number of benzene rings is 1. The second kappa shape index (κ2) is 5.45. The normalized spacial score (nSPS) is 21.8. The third kappa shape index (κ3) is 2.98. The monoisotopic (exact) mass is 328 g/mol. The average Bonchev–Trinajstić information content (AvgIpc) is 3.08. The summed E-state index contributed by atoms with van der Waals surface area (Å²) in [6, 6.07) is 8.40. The molecular formula is C15H15F3N2O3. The molecule has 1 saturated heterocycles. The fraction of sp³-hybridized carbons (Fsp3) is 0.400. The summed E-state index contributed by atoms with van der Waals surface area (Å²) < 4.78 is 43.7. The van der Waals surface area contributed by atoms with Crippen LogP contribution in [0.15, 0.2) is 34.7 Å². The third-order valence-corrected chi connectivity index (χ3v) is 3.95. The number of rotatable bonds is 2. The Hall–Kier alpha value is -2.22. The Kier molecular flexibility index (Phi) is 3.71. The summed E-state index contributed by atoms with van der Waals surface area (Å²) in [6.07, 6.45) is -5.27. The Bertz CT molecular complexity index is 695. The lowest BCUT2D eigenvalue weighted by molar-refractivity contribution is -0.253. The molecule has 0 bridgehead atoms. The van der Waals surface area contributed by atoms with Gasteiger partial charge in [-0.15, -0.1) is 0 Å². The highest BCUT2D eigenvalue weighted by atomic mass is 19.4. The molecule has 0 unspecified atom stereocenters. The fourth-order valence-electron chi connectivity index (χ4n) is 2.60. The number of carbonyl (C=O) groups is 1. The van der Waals surface area contributed by atoms with Crippen LogP contribution < -0.4 is 5.32 Å². The number of furan rings is 1. The summed E-state index contributed by atoms with van der Waals surface area (Å²) >= 11 is 0. The Labute approximate surface area is 129 Å². The van der Waals surface area contributed by atoms with Gasteiger partial charge in [0.15, 0.2) is 5.60 Å². The third-order valence-electron chi connectivity index (χ3n) is 3.95. The average molecular weight is 328 g/mol. The van der Waals surface area contributed by atoms with E-state index in [-0.39, 0.29) is 13.1 Å². The fourth-order valence-corrected chi connectivity index (χ4v) is 2.60. The van der Waals surface area contributed by atoms with Crippen LogP contribution in [0.1, 0.15) is 12.2 Å². The standard InChI is InChI=1S/C15H15F3N2O3/c16-15(17,18)14(22)5-6-20(9-14)13(21)19-8-11-7-10-3-1-2-4-12(10)23-11/h1-4,7,22H,5-6,8-9H2,(H,19,21)/t14-/m0/s1. The summed E-state index contributed by atoms with van der Waals surface area (Å²) in [6.45, 7) is -0.848. The summed E-state index contributed by atoms with van der Waals surface area (Å²) in [7, 11) is 0. The Morgan fingerprint density at radius 3 is 2.78 bits per heavy atom. The molecule has 2 heterocycles. The molecule has 2 aromatic rings. The van der Waals surface area contributed by atoms with E-state index in [2.05, 4.69) is 5.32 Å². The van der Waals surface area contributed by atoms with Crippen LogP contribution in [0.4, 0.5) is 18.0 Å². The first-order valence-electron chi connectivity index (χ1n) is 7.08. The van der Waals surface area contributed by atoms with Crippen molar-refractivity contribution in [3.63, 3.8) is 0 Å². The SMILES string of the molecule is O=C(NCc1cc2ccccc2o1)N1CC[C@@](O)(C(F)(F)F)C1. The molecule has 1 atom stereocenters. The molecule has 1 fully saturated rings. The van der Waals surface area contributed by atoms with Crippen molar-refractivity contribution < 1.29 is 27.5 Å². The minimum Gasteiger partial charge on any atom is -0.459 e. The van der Waals surface area contributed by atoms with Crippen molar-refractivity contribution in [3.05, 3.63) is 36.1 Å². The van der Waals surface area contributed by atoms with Gasteiger partial charge in [-0.1, -0.05) is 18.2 Å². The van der Waals surface area contributed by atoms with Gasteiger partial charge in [-0.05, 0) is 12.1 Å². The van der Waals surface area contributed by atoms with E-state index in [1.54, 1.807) is 12.1 Å². The number of amides is 2. The summed E-state index contributed by atoms with van der Waals surface area (Å²) in [4.78, 5) is 12.9. The van der Waals surface area contributed by atoms with Crippen molar-refractivity contribution in [2.75, 3.05) is 13.1 Å². The molecular weight excluding hydrogens is 313 g/mol. The molecule has 1 aromatic heterocycles. The maximum atomic E-state index is 12.7. The van der Waals surface area contributed by atoms with Gasteiger partial charge in [-0.3, -0.25) is 0 Å². The molecule has 0 saturated carbocycles. The summed E-state index contributed by atoms with van der Waals surface area (Å²) in [5.41, 5.74) is -2.16. The lowest BCUT2D eigenvalue weighted by Crippen LogP contribution is -2.49. The number of likely N-dealkylation sites (tertiary alicyclic amines) is 1. The smallest absolute Gasteiger partial charge is 0.419 e. The number of nitrogens with one attached hydrogen (secondary N) is 1. The molecule has 2 N–H and O–H groups in total. The number of carbonyl (C=O) groups excluding carboxylic acids is 1. The van der Waals surface area contributed by atoms with Crippen molar-refractivity contribution >= 4 is 17.0 Å². The van der Waals surface area contributed by atoms with Gasteiger partial charge >= 0.3 is 12.2 Å². The van der Waals surface area contributed by atoms with Crippen LogP contribution >= 0.6 is 0 Å². The quantitative estimate of drug-likeness (QED) is 0.891. The van der Waals surface area contributed by atoms with Crippen molar-refractivity contribution in [1.29, 1.82) is 0 Å². The van der Waals surface area contributed by atoms with Crippen molar-refractivity contribution in [2.24, 2.45) is 0 Å². The highest BCUT2D eigenvalue weighted by Gasteiger charge is 2.57. The maximum absolute atomic E-state index is 12.7. The number of alkyl halides is 3. The second-order valence-electron chi connectivity index (χ2n) is 5.61. The molecule has 2 amide bonds. The Balaban J connectivity index is 1.60. The number of hydrogen-bond donors (Lipinski definition) is 2. The van der Waals surface area contributed by atoms with E-state index in [4.69, 9.17) is 4.42 Å². The van der Waals surface area contributed by atoms with Crippen LogP contribution in [0.3, 0.4) is 0 Å². The van der Waals surface area contributed by atoms with Crippen LogP contribution in [0.5, 0.6) is 0 Å². The molecule has 1 aliphatic rings. The number of nitrogens with zero attached hydrogens (tertiary/aromatic N) is 1. The lowest BCUT2D eigenvalue weighted by atomic mass is 10.0. The second-order valence-corrected chi connectivity index (χ2v) is 5.61. The van der Waals surface area contributed by atoms with Gasteiger partial charge in [0.25, 0.3) is 0 Å². The molecule has 124 valence electrons. The highest BCUT2D eigenvalue weighted by molar-refractivity contribution is 5.78. The van der Waals surface area contributed by atoms with E-state index in [0.717, 1.165) is 10.3 Å². The van der Waals surface area contributed by atoms with Crippen LogP contribution in [0.2, 0.25) is 0 Å². The first-order chi connectivity index (χ1) is 10.8. The predicted molar refractivity (Wildman–Crippen MR) is 75.6 cm³/mol. The van der Waals surface area contributed by atoms with Gasteiger partial charge in [-0.2, -0.15) is 13.2 Å². The minimum absolute atomic E-state index is 0.0639. The van der Waals surface area contributed by atoms with Gasteiger partial charge < -0.3 is 19.7 Å². The number of aliphatic hydroxyl groups is 1. The predicted octanol–water partition coefficient (Wildman–Crippen LogP) is 2.64. The number of fused-ring (bicyclic) bond motifs is 1. The zero-order valence-electron chi connectivity index (χ0n) is 12.1. The molecule has 8 heteroatoms. The number of β-amino-alcohol motifs (C(OH)–C–C–N with tert-alkyl or cyclic N) is 1. The molecule has 23 heavy (non-hydrogen) atoms. The number of hydrogen-bond acceptors (Lipinski definition) is 3. The van der Waals surface area contributed by atoms with Crippen LogP contribution in [-0.4, -0.2) is 40.9 Å². The highest BCUT2D eigenvalue weighted by Crippen LogP contribution is 2.37. The van der Waals surface area contributed by atoms with E-state index in [1.807, 2.05) is 18.2 Å². The van der Waals surface area contributed by atoms with E-state index < -0.39 is 30.8 Å². The molecule has 5 nitrogen and oxygen atoms in total. The molecule has 0 aliphatic carbocycles. The Morgan fingerprint density at radius 2 is 2.13 bits per heavy atom. The van der Waals surface area contributed by atoms with Crippen LogP contribution in [-0.2, 0) is 6.54 Å². The summed E-state index contributed by atoms with van der Waals surface area (Å²) in [5, 5.41) is 12.9. The van der Waals surface area contributed by atoms with E-state index in [9.17, 15) is 23.1 Å². The zero-order valence-corrected chi connectivity index (χ0v) is 12.1. The van der Waals surface area contributed by atoms with Gasteiger partial charge in [0, 0.05) is 18.4 Å². The van der Waals surface area contributed by atoms with Gasteiger partial charge in [-0.25, -0.2) is 4.79 Å². The first-order valence-corrected chi connectivity index (χ1v) is 7.08. The molecule has 1 aliphatic heterocycles. The topological polar surface area (TPSA) is 65.7 Å². The summed E-state index contributed by atoms with van der Waals surface area (Å²) in [5.74, 6) is 0.504. The Morgan fingerprint density at radius 1 is 1.39 bits per heavy atom. The minimum atomic E-state index is -4.75. The molecule has 1 aromatic carbocycles. The molecule has 3 rings (SSSR count). The maximum Gasteiger partial charge on any atom is 0.419 e. The lowest BCUT2D eigenvalue weighted by Gasteiger charge is -2.25. The number of para-hydroxylation sites is 1. The number of halogens is 3. The van der Waals surface area contributed by atoms with E-state index in [1.165, 1.54) is 0 Å². The van der Waals surface area contributed by atoms with Crippen molar-refractivity contribution in [1.82, 2.24) is 10.2 Å². The zero-order chi connectivity index (χ0) is 16.7. The number of urea groups is 1. The van der Waals surface area contributed by atoms with Gasteiger partial charge in [0.2, 0.25) is 0 Å². The molecule has 0 spiro atoms. The van der Waals surface area contributed by atoms with E-state index in [0.29, 0.717) is 11.3 Å².